The Morgan fingerprint density at radius 2 is 1.59 bits per heavy atom. The fourth-order valence-electron chi connectivity index (χ4n) is 4.64. The highest BCUT2D eigenvalue weighted by atomic mass is 15.2. The highest BCUT2D eigenvalue weighted by molar-refractivity contribution is 5.71. The Labute approximate surface area is 176 Å². The summed E-state index contributed by atoms with van der Waals surface area (Å²) in [5, 5.41) is 0. The third-order valence-electron chi connectivity index (χ3n) is 6.37. The summed E-state index contributed by atoms with van der Waals surface area (Å²) in [4.78, 5) is 9.88. The first-order valence-corrected chi connectivity index (χ1v) is 11.1. The highest BCUT2D eigenvalue weighted by Gasteiger charge is 2.21. The Morgan fingerprint density at radius 1 is 0.862 bits per heavy atom. The van der Waals surface area contributed by atoms with E-state index in [1.54, 1.807) is 0 Å². The van der Waals surface area contributed by atoms with Crippen molar-refractivity contribution in [2.75, 3.05) is 65.3 Å². The molecule has 0 unspecified atom stereocenters. The lowest BCUT2D eigenvalue weighted by atomic mass is 10.0. The van der Waals surface area contributed by atoms with Crippen molar-refractivity contribution < 1.29 is 0 Å². The molecule has 0 aliphatic carbocycles. The van der Waals surface area contributed by atoms with Gasteiger partial charge in [-0.25, -0.2) is 0 Å². The van der Waals surface area contributed by atoms with Gasteiger partial charge in [0.15, 0.2) is 0 Å². The lowest BCUT2D eigenvalue weighted by Crippen LogP contribution is -2.43. The van der Waals surface area contributed by atoms with Crippen LogP contribution >= 0.6 is 0 Å². The molecule has 0 aromatic heterocycles. The van der Waals surface area contributed by atoms with Gasteiger partial charge in [-0.3, -0.25) is 4.90 Å². The van der Waals surface area contributed by atoms with Gasteiger partial charge in [0.2, 0.25) is 0 Å². The number of hydrogen-bond acceptors (Lipinski definition) is 4. The maximum Gasteiger partial charge on any atom is 0.0443 e. The van der Waals surface area contributed by atoms with Crippen LogP contribution in [0.1, 0.15) is 23.1 Å². The predicted octanol–water partition coefficient (Wildman–Crippen LogP) is 3.62. The van der Waals surface area contributed by atoms with E-state index in [1.807, 2.05) is 0 Å². The van der Waals surface area contributed by atoms with Crippen molar-refractivity contribution in [2.45, 2.75) is 25.8 Å². The van der Waals surface area contributed by atoms with Crippen LogP contribution in [0.25, 0.3) is 0 Å². The summed E-state index contributed by atoms with van der Waals surface area (Å²) in [6.45, 7) is 7.98. The minimum absolute atomic E-state index is 1.07. The molecule has 2 heterocycles. The van der Waals surface area contributed by atoms with E-state index in [2.05, 4.69) is 83.2 Å². The molecule has 29 heavy (non-hydrogen) atoms. The maximum absolute atomic E-state index is 2.60. The molecule has 0 spiro atoms. The first kappa shape index (κ1) is 20.4. The smallest absolute Gasteiger partial charge is 0.0443 e. The largest absolute Gasteiger partial charge is 0.341 e. The number of anilines is 2. The second kappa shape index (κ2) is 9.29. The topological polar surface area (TPSA) is 13.0 Å². The first-order valence-electron chi connectivity index (χ1n) is 11.1. The molecule has 0 amide bonds. The molecule has 0 atom stereocenters. The Kier molecular flexibility index (Phi) is 6.53. The van der Waals surface area contributed by atoms with Crippen LogP contribution < -0.4 is 4.90 Å². The SMILES string of the molecule is CN(C)CCCN1c2ccccc2CCc2cc(CN3CCN(C)CC3)ccc21. The zero-order valence-electron chi connectivity index (χ0n) is 18.4. The number of piperazine rings is 1. The minimum Gasteiger partial charge on any atom is -0.341 e. The molecule has 156 valence electrons. The van der Waals surface area contributed by atoms with E-state index in [0.717, 1.165) is 32.5 Å². The lowest BCUT2D eigenvalue weighted by Gasteiger charge is -2.32. The van der Waals surface area contributed by atoms with E-state index in [-0.39, 0.29) is 0 Å². The lowest BCUT2D eigenvalue weighted by molar-refractivity contribution is 0.148. The quantitative estimate of drug-likeness (QED) is 0.744. The fourth-order valence-corrected chi connectivity index (χ4v) is 4.64. The molecule has 0 radical (unpaired) electrons. The van der Waals surface area contributed by atoms with Crippen molar-refractivity contribution in [3.63, 3.8) is 0 Å². The second-order valence-electron chi connectivity index (χ2n) is 8.98. The molecule has 0 N–H and O–H groups in total. The molecule has 4 heteroatoms. The predicted molar refractivity (Wildman–Crippen MR) is 123 cm³/mol. The molecular formula is C25H36N4. The number of para-hydroxylation sites is 1. The van der Waals surface area contributed by atoms with Crippen LogP contribution in [0, 0.1) is 0 Å². The Balaban J connectivity index is 1.56. The maximum atomic E-state index is 2.60. The van der Waals surface area contributed by atoms with E-state index in [1.165, 1.54) is 60.7 Å². The normalized spacial score (nSPS) is 17.9. The van der Waals surface area contributed by atoms with Gasteiger partial charge in [0.25, 0.3) is 0 Å². The minimum atomic E-state index is 1.07. The molecule has 0 bridgehead atoms. The Morgan fingerprint density at radius 3 is 2.38 bits per heavy atom. The standard InChI is InChI=1S/C25H36N4/c1-26(2)13-6-14-29-24-8-5-4-7-22(24)10-11-23-19-21(9-12-25(23)29)20-28-17-15-27(3)16-18-28/h4-5,7-9,12,19H,6,10-11,13-18,20H2,1-3H3. The van der Waals surface area contributed by atoms with Gasteiger partial charge >= 0.3 is 0 Å². The van der Waals surface area contributed by atoms with E-state index in [0.29, 0.717) is 0 Å². The summed E-state index contributed by atoms with van der Waals surface area (Å²) in [5.41, 5.74) is 7.27. The summed E-state index contributed by atoms with van der Waals surface area (Å²) in [5.74, 6) is 0. The molecule has 0 saturated carbocycles. The van der Waals surface area contributed by atoms with Gasteiger partial charge in [0.05, 0.1) is 0 Å². The van der Waals surface area contributed by atoms with Crippen LogP contribution in [0.4, 0.5) is 11.4 Å². The molecule has 2 aliphatic rings. The molecular weight excluding hydrogens is 356 g/mol. The molecule has 4 rings (SSSR count). The van der Waals surface area contributed by atoms with E-state index < -0.39 is 0 Å². The second-order valence-corrected chi connectivity index (χ2v) is 8.98. The number of rotatable bonds is 6. The zero-order valence-corrected chi connectivity index (χ0v) is 18.4. The van der Waals surface area contributed by atoms with Crippen LogP contribution in [-0.4, -0.2) is 75.1 Å². The van der Waals surface area contributed by atoms with Gasteiger partial charge in [-0.15, -0.1) is 0 Å². The summed E-state index contributed by atoms with van der Waals surface area (Å²) >= 11 is 0. The van der Waals surface area contributed by atoms with Crippen LogP contribution in [0.3, 0.4) is 0 Å². The van der Waals surface area contributed by atoms with Crippen molar-refractivity contribution >= 4 is 11.4 Å². The molecule has 2 aromatic rings. The third-order valence-corrected chi connectivity index (χ3v) is 6.37. The van der Waals surface area contributed by atoms with Crippen molar-refractivity contribution in [2.24, 2.45) is 0 Å². The van der Waals surface area contributed by atoms with E-state index in [4.69, 9.17) is 0 Å². The van der Waals surface area contributed by atoms with Gasteiger partial charge in [-0.05, 0) is 75.8 Å². The van der Waals surface area contributed by atoms with Crippen LogP contribution in [0.2, 0.25) is 0 Å². The van der Waals surface area contributed by atoms with E-state index in [9.17, 15) is 0 Å². The van der Waals surface area contributed by atoms with E-state index >= 15 is 0 Å². The number of hydrogen-bond donors (Lipinski definition) is 0. The number of nitrogens with zero attached hydrogens (tertiary/aromatic N) is 4. The fraction of sp³-hybridized carbons (Fsp3) is 0.520. The van der Waals surface area contributed by atoms with Gasteiger partial charge < -0.3 is 14.7 Å². The van der Waals surface area contributed by atoms with Crippen LogP contribution in [0.5, 0.6) is 0 Å². The van der Waals surface area contributed by atoms with Crippen molar-refractivity contribution in [1.82, 2.24) is 14.7 Å². The van der Waals surface area contributed by atoms with Crippen LogP contribution in [-0.2, 0) is 19.4 Å². The third kappa shape index (κ3) is 5.00. The number of aryl methyl sites for hydroxylation is 2. The first-order chi connectivity index (χ1) is 14.1. The van der Waals surface area contributed by atoms with Gasteiger partial charge in [-0.2, -0.15) is 0 Å². The summed E-state index contributed by atoms with van der Waals surface area (Å²) < 4.78 is 0. The summed E-state index contributed by atoms with van der Waals surface area (Å²) in [6.07, 6.45) is 3.43. The molecule has 4 nitrogen and oxygen atoms in total. The van der Waals surface area contributed by atoms with Gasteiger partial charge in [0.1, 0.15) is 0 Å². The number of benzene rings is 2. The number of fused-ring (bicyclic) bond motifs is 2. The highest BCUT2D eigenvalue weighted by Crippen LogP contribution is 2.36. The summed E-state index contributed by atoms with van der Waals surface area (Å²) in [7, 11) is 6.55. The average molecular weight is 393 g/mol. The monoisotopic (exact) mass is 392 g/mol. The Hall–Kier alpha value is -1.88. The average Bonchev–Trinajstić information content (AvgIpc) is 2.87. The Bertz CT molecular complexity index is 808. The van der Waals surface area contributed by atoms with Crippen molar-refractivity contribution in [3.05, 3.63) is 59.2 Å². The van der Waals surface area contributed by atoms with Gasteiger partial charge in [0, 0.05) is 50.6 Å². The van der Waals surface area contributed by atoms with Gasteiger partial charge in [-0.1, -0.05) is 30.3 Å². The molecule has 1 fully saturated rings. The molecule has 1 saturated heterocycles. The van der Waals surface area contributed by atoms with Crippen molar-refractivity contribution in [1.29, 1.82) is 0 Å². The summed E-state index contributed by atoms with van der Waals surface area (Å²) in [6, 6.07) is 16.2. The van der Waals surface area contributed by atoms with Crippen molar-refractivity contribution in [3.8, 4) is 0 Å². The molecule has 2 aliphatic heterocycles. The zero-order chi connectivity index (χ0) is 20.2. The van der Waals surface area contributed by atoms with Crippen LogP contribution in [0.15, 0.2) is 42.5 Å². The molecule has 2 aromatic carbocycles. The number of likely N-dealkylation sites (N-methyl/N-ethyl adjacent to an activating group) is 1.